The lowest BCUT2D eigenvalue weighted by Crippen LogP contribution is -2.35. The van der Waals surface area contributed by atoms with Crippen LogP contribution in [0.5, 0.6) is 0 Å². The molecular weight excluding hydrogens is 478 g/mol. The van der Waals surface area contributed by atoms with Crippen LogP contribution in [0, 0.1) is 0 Å². The molecule has 0 aliphatic carbocycles. The third-order valence-electron chi connectivity index (χ3n) is 3.22. The van der Waals surface area contributed by atoms with Crippen LogP contribution in [0.25, 0.3) is 0 Å². The van der Waals surface area contributed by atoms with Crippen molar-refractivity contribution in [2.24, 2.45) is 10.7 Å². The smallest absolute Gasteiger partial charge is 0.269 e. The molecule has 1 aromatic carbocycles. The molecule has 10 heteroatoms. The number of benzene rings is 1. The van der Waals surface area contributed by atoms with E-state index in [1.54, 1.807) is 18.2 Å². The van der Waals surface area contributed by atoms with Gasteiger partial charge in [0.1, 0.15) is 5.69 Å². The standard InChI is InChI=1S/C15H18Cl2N6O.HI/c1-9(11-3-2-10(16)8-12(11)17)22-15(18)20-7-6-19-14(24)13-4-5-21-23-13;/h2-5,8-9H,6-7H2,1H3,(H,19,24)(H,21,23)(H3,18,20,22);1H. The minimum atomic E-state index is -0.240. The number of H-pyrrole nitrogens is 1. The molecule has 7 nitrogen and oxygen atoms in total. The van der Waals surface area contributed by atoms with Crippen LogP contribution in [-0.2, 0) is 0 Å². The highest BCUT2D eigenvalue weighted by Gasteiger charge is 2.10. The number of rotatable bonds is 6. The van der Waals surface area contributed by atoms with E-state index >= 15 is 0 Å². The summed E-state index contributed by atoms with van der Waals surface area (Å²) in [5.74, 6) is 0.0276. The van der Waals surface area contributed by atoms with Crippen molar-refractivity contribution in [3.8, 4) is 0 Å². The number of guanidine groups is 1. The molecule has 0 saturated heterocycles. The quantitative estimate of drug-likeness (QED) is 0.213. The third-order valence-corrected chi connectivity index (χ3v) is 3.78. The van der Waals surface area contributed by atoms with Gasteiger partial charge in [0.15, 0.2) is 5.96 Å². The van der Waals surface area contributed by atoms with Gasteiger partial charge in [-0.1, -0.05) is 29.3 Å². The number of nitrogens with two attached hydrogens (primary N) is 1. The van der Waals surface area contributed by atoms with E-state index < -0.39 is 0 Å². The fourth-order valence-electron chi connectivity index (χ4n) is 2.02. The summed E-state index contributed by atoms with van der Waals surface area (Å²) in [7, 11) is 0. The maximum atomic E-state index is 11.7. The fourth-order valence-corrected chi connectivity index (χ4v) is 2.59. The van der Waals surface area contributed by atoms with E-state index in [9.17, 15) is 4.79 Å². The van der Waals surface area contributed by atoms with E-state index in [0.717, 1.165) is 5.56 Å². The van der Waals surface area contributed by atoms with Gasteiger partial charge >= 0.3 is 0 Å². The molecule has 25 heavy (non-hydrogen) atoms. The van der Waals surface area contributed by atoms with E-state index in [-0.39, 0.29) is 41.9 Å². The molecule has 1 unspecified atom stereocenters. The SMILES string of the molecule is CC(NC(N)=NCCNC(=O)c1ccn[nH]1)c1ccc(Cl)cc1Cl.I. The number of aromatic nitrogens is 2. The molecule has 2 aromatic rings. The van der Waals surface area contributed by atoms with Gasteiger partial charge in [-0.25, -0.2) is 0 Å². The average molecular weight is 497 g/mol. The van der Waals surface area contributed by atoms with E-state index in [2.05, 4.69) is 25.8 Å². The topological polar surface area (TPSA) is 108 Å². The van der Waals surface area contributed by atoms with Gasteiger partial charge in [0.05, 0.1) is 12.6 Å². The number of nitrogens with one attached hydrogen (secondary N) is 3. The molecule has 136 valence electrons. The average Bonchev–Trinajstić information content (AvgIpc) is 3.05. The normalized spacial score (nSPS) is 12.2. The number of carbonyl (C=O) groups excluding carboxylic acids is 1. The maximum Gasteiger partial charge on any atom is 0.269 e. The number of aromatic amines is 1. The molecule has 1 amide bonds. The van der Waals surface area contributed by atoms with Crippen LogP contribution in [-0.4, -0.2) is 35.2 Å². The molecule has 0 saturated carbocycles. The van der Waals surface area contributed by atoms with Gasteiger partial charge in [-0.15, -0.1) is 24.0 Å². The lowest BCUT2D eigenvalue weighted by molar-refractivity contribution is 0.0950. The Morgan fingerprint density at radius 1 is 1.40 bits per heavy atom. The number of halogens is 3. The molecule has 0 aliphatic rings. The van der Waals surface area contributed by atoms with Crippen molar-refractivity contribution in [2.75, 3.05) is 13.1 Å². The Bertz CT molecular complexity index is 723. The molecular formula is C15H19Cl2IN6O. The van der Waals surface area contributed by atoms with Gasteiger partial charge in [0.2, 0.25) is 0 Å². The fraction of sp³-hybridized carbons (Fsp3) is 0.267. The van der Waals surface area contributed by atoms with Crippen molar-refractivity contribution in [1.29, 1.82) is 0 Å². The van der Waals surface area contributed by atoms with Crippen LogP contribution in [0.15, 0.2) is 35.5 Å². The monoisotopic (exact) mass is 496 g/mol. The number of aliphatic imine (C=N–C) groups is 1. The van der Waals surface area contributed by atoms with Crippen LogP contribution in [0.3, 0.4) is 0 Å². The van der Waals surface area contributed by atoms with Crippen LogP contribution < -0.4 is 16.4 Å². The van der Waals surface area contributed by atoms with Gasteiger partial charge in [0.25, 0.3) is 5.91 Å². The molecule has 1 atom stereocenters. The maximum absolute atomic E-state index is 11.7. The first-order valence-electron chi connectivity index (χ1n) is 7.26. The first-order chi connectivity index (χ1) is 11.5. The summed E-state index contributed by atoms with van der Waals surface area (Å²) >= 11 is 12.0. The van der Waals surface area contributed by atoms with Crippen LogP contribution in [0.1, 0.15) is 29.0 Å². The summed E-state index contributed by atoms with van der Waals surface area (Å²) in [6, 6.07) is 6.73. The lowest BCUT2D eigenvalue weighted by Gasteiger charge is -2.16. The van der Waals surface area contributed by atoms with Gasteiger partial charge < -0.3 is 16.4 Å². The van der Waals surface area contributed by atoms with E-state index in [1.807, 2.05) is 13.0 Å². The molecule has 0 aliphatic heterocycles. The Hall–Kier alpha value is -1.52. The Labute approximate surface area is 172 Å². The van der Waals surface area contributed by atoms with Gasteiger partial charge in [-0.2, -0.15) is 5.10 Å². The van der Waals surface area contributed by atoms with Crippen molar-refractivity contribution in [1.82, 2.24) is 20.8 Å². The number of hydrogen-bond acceptors (Lipinski definition) is 3. The summed E-state index contributed by atoms with van der Waals surface area (Å²) in [4.78, 5) is 15.8. The largest absolute Gasteiger partial charge is 0.370 e. The van der Waals surface area contributed by atoms with Gasteiger partial charge in [-0.05, 0) is 30.7 Å². The Morgan fingerprint density at radius 2 is 2.16 bits per heavy atom. The van der Waals surface area contributed by atoms with Crippen LogP contribution in [0.4, 0.5) is 0 Å². The zero-order valence-corrected chi connectivity index (χ0v) is 17.3. The molecule has 0 radical (unpaired) electrons. The molecule has 2 rings (SSSR count). The van der Waals surface area contributed by atoms with Gasteiger partial charge in [-0.3, -0.25) is 14.9 Å². The van der Waals surface area contributed by atoms with Crippen LogP contribution in [0.2, 0.25) is 10.0 Å². The minimum absolute atomic E-state index is 0. The summed E-state index contributed by atoms with van der Waals surface area (Å²) in [5, 5.41) is 13.2. The summed E-state index contributed by atoms with van der Waals surface area (Å²) in [6.07, 6.45) is 1.51. The molecule has 1 heterocycles. The van der Waals surface area contributed by atoms with Gasteiger partial charge in [0, 0.05) is 22.8 Å². The zero-order chi connectivity index (χ0) is 17.5. The third kappa shape index (κ3) is 6.71. The zero-order valence-electron chi connectivity index (χ0n) is 13.4. The number of hydrogen-bond donors (Lipinski definition) is 4. The lowest BCUT2D eigenvalue weighted by atomic mass is 10.1. The predicted molar refractivity (Wildman–Crippen MR) is 111 cm³/mol. The minimum Gasteiger partial charge on any atom is -0.370 e. The highest BCUT2D eigenvalue weighted by atomic mass is 127. The van der Waals surface area contributed by atoms with Crippen molar-refractivity contribution < 1.29 is 4.79 Å². The van der Waals surface area contributed by atoms with Crippen molar-refractivity contribution in [3.05, 3.63) is 51.8 Å². The second-order valence-electron chi connectivity index (χ2n) is 5.03. The highest BCUT2D eigenvalue weighted by molar-refractivity contribution is 14.0. The second-order valence-corrected chi connectivity index (χ2v) is 5.87. The Balaban J connectivity index is 0.00000312. The predicted octanol–water partition coefficient (Wildman–Crippen LogP) is 2.73. The second kappa shape index (κ2) is 10.5. The molecule has 0 spiro atoms. The van der Waals surface area contributed by atoms with E-state index in [1.165, 1.54) is 6.20 Å². The number of amides is 1. The number of carbonyl (C=O) groups is 1. The highest BCUT2D eigenvalue weighted by Crippen LogP contribution is 2.25. The van der Waals surface area contributed by atoms with Crippen LogP contribution >= 0.6 is 47.2 Å². The van der Waals surface area contributed by atoms with E-state index in [0.29, 0.717) is 28.8 Å². The number of nitrogens with zero attached hydrogens (tertiary/aromatic N) is 2. The molecule has 0 fully saturated rings. The first kappa shape index (κ1) is 21.5. The Morgan fingerprint density at radius 3 is 2.80 bits per heavy atom. The summed E-state index contributed by atoms with van der Waals surface area (Å²) < 4.78 is 0. The first-order valence-corrected chi connectivity index (χ1v) is 8.02. The van der Waals surface area contributed by atoms with E-state index in [4.69, 9.17) is 28.9 Å². The molecule has 5 N–H and O–H groups in total. The molecule has 1 aromatic heterocycles. The summed E-state index contributed by atoms with van der Waals surface area (Å²) in [6.45, 7) is 2.62. The van der Waals surface area contributed by atoms with Crippen molar-refractivity contribution >= 4 is 59.0 Å². The Kier molecular flexibility index (Phi) is 9.01. The van der Waals surface area contributed by atoms with Crippen molar-refractivity contribution in [3.63, 3.8) is 0 Å². The van der Waals surface area contributed by atoms with Crippen molar-refractivity contribution in [2.45, 2.75) is 13.0 Å². The molecule has 0 bridgehead atoms. The summed E-state index contributed by atoms with van der Waals surface area (Å²) in [5.41, 5.74) is 7.11.